The highest BCUT2D eigenvalue weighted by Crippen LogP contribution is 2.19. The van der Waals surface area contributed by atoms with E-state index in [4.69, 9.17) is 21.1 Å². The molecule has 2 aromatic rings. The number of amides is 1. The topological polar surface area (TPSA) is 92.4 Å². The van der Waals surface area contributed by atoms with Gasteiger partial charge in [0.05, 0.1) is 6.04 Å². The molecule has 0 bridgehead atoms. The molecule has 0 spiro atoms. The van der Waals surface area contributed by atoms with Gasteiger partial charge in [-0.05, 0) is 30.7 Å². The Kier molecular flexibility index (Phi) is 3.87. The third kappa shape index (κ3) is 3.12. The number of nitrogens with one attached hydrogen (secondary N) is 1. The monoisotopic (exact) mass is 300 g/mol. The van der Waals surface area contributed by atoms with Gasteiger partial charge in [0.2, 0.25) is 0 Å². The largest absolute Gasteiger partial charge is 0.476 e. The minimum Gasteiger partial charge on any atom is -0.476 e. The second-order valence-corrected chi connectivity index (χ2v) is 4.94. The molecule has 100 valence electrons. The first kappa shape index (κ1) is 13.6. The summed E-state index contributed by atoms with van der Waals surface area (Å²) in [6.07, 6.45) is 0. The van der Waals surface area contributed by atoms with E-state index in [0.29, 0.717) is 5.01 Å². The summed E-state index contributed by atoms with van der Waals surface area (Å²) in [5, 5.41) is 13.5. The molecule has 0 radical (unpaired) electrons. The molecule has 0 aliphatic carbocycles. The first-order valence-corrected chi connectivity index (χ1v) is 6.48. The number of rotatable bonds is 4. The van der Waals surface area contributed by atoms with E-state index in [9.17, 15) is 9.59 Å². The molecule has 1 amide bonds. The van der Waals surface area contributed by atoms with Gasteiger partial charge in [-0.15, -0.1) is 11.3 Å². The highest BCUT2D eigenvalue weighted by Gasteiger charge is 2.18. The molecular formula is C11H9ClN2O4S. The Hall–Kier alpha value is -1.86. The molecule has 0 aliphatic rings. The van der Waals surface area contributed by atoms with Crippen molar-refractivity contribution in [2.75, 3.05) is 0 Å². The second-order valence-electron chi connectivity index (χ2n) is 3.68. The number of hydrogen-bond acceptors (Lipinski definition) is 5. The summed E-state index contributed by atoms with van der Waals surface area (Å²) in [4.78, 5) is 26.4. The van der Waals surface area contributed by atoms with Gasteiger partial charge in [0.25, 0.3) is 5.91 Å². The maximum atomic E-state index is 11.8. The van der Waals surface area contributed by atoms with Crippen molar-refractivity contribution in [2.45, 2.75) is 13.0 Å². The zero-order chi connectivity index (χ0) is 14.0. The molecule has 2 aromatic heterocycles. The Balaban J connectivity index is 2.05. The third-order valence-electron chi connectivity index (χ3n) is 2.26. The Morgan fingerprint density at radius 2 is 2.26 bits per heavy atom. The fraction of sp³-hybridized carbons (Fsp3) is 0.182. The van der Waals surface area contributed by atoms with E-state index in [1.54, 1.807) is 6.92 Å². The molecule has 0 saturated heterocycles. The SMILES string of the molecule is CC(NC(=O)c1ccc(Cl)o1)c1nc(C(=O)O)cs1. The van der Waals surface area contributed by atoms with Crippen LogP contribution in [-0.4, -0.2) is 22.0 Å². The number of carboxylic acids is 1. The number of carbonyl (C=O) groups is 2. The van der Waals surface area contributed by atoms with Crippen LogP contribution >= 0.6 is 22.9 Å². The highest BCUT2D eigenvalue weighted by atomic mass is 35.5. The van der Waals surface area contributed by atoms with E-state index >= 15 is 0 Å². The summed E-state index contributed by atoms with van der Waals surface area (Å²) in [5.41, 5.74) is -0.0397. The molecule has 0 aliphatic heterocycles. The van der Waals surface area contributed by atoms with Crippen LogP contribution in [0.4, 0.5) is 0 Å². The number of nitrogens with zero attached hydrogens (tertiary/aromatic N) is 1. The van der Waals surface area contributed by atoms with Crippen LogP contribution in [0.15, 0.2) is 21.9 Å². The van der Waals surface area contributed by atoms with Gasteiger partial charge in [-0.3, -0.25) is 4.79 Å². The van der Waals surface area contributed by atoms with Crippen molar-refractivity contribution in [3.63, 3.8) is 0 Å². The molecule has 2 heterocycles. The highest BCUT2D eigenvalue weighted by molar-refractivity contribution is 7.09. The van der Waals surface area contributed by atoms with Gasteiger partial charge in [-0.2, -0.15) is 0 Å². The first-order chi connectivity index (χ1) is 8.97. The quantitative estimate of drug-likeness (QED) is 0.905. The lowest BCUT2D eigenvalue weighted by Gasteiger charge is -2.09. The number of halogens is 1. The number of carboxylic acid groups (broad SMARTS) is 1. The lowest BCUT2D eigenvalue weighted by molar-refractivity contribution is 0.0691. The normalized spacial score (nSPS) is 12.1. The van der Waals surface area contributed by atoms with Crippen LogP contribution in [0.1, 0.15) is 39.0 Å². The molecule has 1 atom stereocenters. The van der Waals surface area contributed by atoms with Crippen molar-refractivity contribution in [1.29, 1.82) is 0 Å². The van der Waals surface area contributed by atoms with E-state index in [1.807, 2.05) is 0 Å². The van der Waals surface area contributed by atoms with E-state index in [2.05, 4.69) is 10.3 Å². The number of thiazole rings is 1. The van der Waals surface area contributed by atoms with Gasteiger partial charge in [0.15, 0.2) is 16.7 Å². The van der Waals surface area contributed by atoms with Crippen LogP contribution in [-0.2, 0) is 0 Å². The van der Waals surface area contributed by atoms with Crippen molar-refractivity contribution >= 4 is 34.8 Å². The van der Waals surface area contributed by atoms with Gasteiger partial charge in [0.1, 0.15) is 5.01 Å². The summed E-state index contributed by atoms with van der Waals surface area (Å²) in [5.74, 6) is -1.45. The Labute approximate surface area is 117 Å². The third-order valence-corrected chi connectivity index (χ3v) is 3.49. The molecule has 2 N–H and O–H groups in total. The molecule has 2 rings (SSSR count). The maximum Gasteiger partial charge on any atom is 0.355 e. The van der Waals surface area contributed by atoms with Crippen LogP contribution in [0, 0.1) is 0 Å². The zero-order valence-electron chi connectivity index (χ0n) is 9.71. The first-order valence-electron chi connectivity index (χ1n) is 5.22. The van der Waals surface area contributed by atoms with Gasteiger partial charge in [0, 0.05) is 5.38 Å². The lowest BCUT2D eigenvalue weighted by Crippen LogP contribution is -2.26. The minimum absolute atomic E-state index is 0.0397. The molecule has 1 unspecified atom stereocenters. The number of furan rings is 1. The van der Waals surface area contributed by atoms with Crippen LogP contribution < -0.4 is 5.32 Å². The smallest absolute Gasteiger partial charge is 0.355 e. The van der Waals surface area contributed by atoms with Gasteiger partial charge >= 0.3 is 5.97 Å². The van der Waals surface area contributed by atoms with Gasteiger partial charge < -0.3 is 14.8 Å². The van der Waals surface area contributed by atoms with E-state index < -0.39 is 17.9 Å². The predicted octanol–water partition coefficient (Wildman–Crippen LogP) is 2.58. The fourth-order valence-corrected chi connectivity index (χ4v) is 2.30. The molecule has 8 heteroatoms. The summed E-state index contributed by atoms with van der Waals surface area (Å²) in [7, 11) is 0. The fourth-order valence-electron chi connectivity index (χ4n) is 1.35. The van der Waals surface area contributed by atoms with E-state index in [-0.39, 0.29) is 16.7 Å². The summed E-state index contributed by atoms with van der Waals surface area (Å²) >= 11 is 6.74. The van der Waals surface area contributed by atoms with Crippen LogP contribution in [0.5, 0.6) is 0 Å². The average Bonchev–Trinajstić information content (AvgIpc) is 2.96. The van der Waals surface area contributed by atoms with Crippen molar-refractivity contribution < 1.29 is 19.1 Å². The van der Waals surface area contributed by atoms with Crippen molar-refractivity contribution in [3.05, 3.63) is 39.2 Å². The van der Waals surface area contributed by atoms with Crippen molar-refractivity contribution in [3.8, 4) is 0 Å². The number of hydrogen-bond donors (Lipinski definition) is 2. The second kappa shape index (κ2) is 5.41. The average molecular weight is 301 g/mol. The standard InChI is InChI=1S/C11H9ClN2O4S/c1-5(10-14-6(4-19-10)11(16)17)13-9(15)7-2-3-8(12)18-7/h2-5H,1H3,(H,13,15)(H,16,17). The van der Waals surface area contributed by atoms with E-state index in [0.717, 1.165) is 0 Å². The molecular weight excluding hydrogens is 292 g/mol. The van der Waals surface area contributed by atoms with Crippen LogP contribution in [0.3, 0.4) is 0 Å². The molecule has 19 heavy (non-hydrogen) atoms. The molecule has 0 fully saturated rings. The zero-order valence-corrected chi connectivity index (χ0v) is 11.3. The predicted molar refractivity (Wildman–Crippen MR) is 68.7 cm³/mol. The Bertz CT molecular complexity index is 622. The van der Waals surface area contributed by atoms with E-state index in [1.165, 1.54) is 28.8 Å². The van der Waals surface area contributed by atoms with Crippen LogP contribution in [0.25, 0.3) is 0 Å². The van der Waals surface area contributed by atoms with Crippen molar-refractivity contribution in [2.24, 2.45) is 0 Å². The summed E-state index contributed by atoms with van der Waals surface area (Å²) in [6.45, 7) is 1.70. The Morgan fingerprint density at radius 1 is 1.53 bits per heavy atom. The van der Waals surface area contributed by atoms with Crippen molar-refractivity contribution in [1.82, 2.24) is 10.3 Å². The van der Waals surface area contributed by atoms with Gasteiger partial charge in [-0.1, -0.05) is 0 Å². The lowest BCUT2D eigenvalue weighted by atomic mass is 10.3. The maximum absolute atomic E-state index is 11.8. The number of aromatic nitrogens is 1. The minimum atomic E-state index is -1.10. The van der Waals surface area contributed by atoms with Crippen LogP contribution in [0.2, 0.25) is 5.22 Å². The summed E-state index contributed by atoms with van der Waals surface area (Å²) < 4.78 is 4.97. The molecule has 0 aromatic carbocycles. The summed E-state index contributed by atoms with van der Waals surface area (Å²) in [6, 6.07) is 2.50. The molecule has 0 saturated carbocycles. The Morgan fingerprint density at radius 3 is 2.79 bits per heavy atom. The number of carbonyl (C=O) groups excluding carboxylic acids is 1. The number of aromatic carboxylic acids is 1. The van der Waals surface area contributed by atoms with Gasteiger partial charge in [-0.25, -0.2) is 9.78 Å². The molecule has 6 nitrogen and oxygen atoms in total.